The Morgan fingerprint density at radius 1 is 1.29 bits per heavy atom. The average molecular weight is 321 g/mol. The van der Waals surface area contributed by atoms with E-state index in [1.165, 1.54) is 5.56 Å². The topological polar surface area (TPSA) is 56.2 Å². The van der Waals surface area contributed by atoms with Gasteiger partial charge in [-0.05, 0) is 36.8 Å². The lowest BCUT2D eigenvalue weighted by molar-refractivity contribution is 0.0553. The number of fused-ring (bicyclic) bond motifs is 3. The van der Waals surface area contributed by atoms with Crippen LogP contribution in [0.3, 0.4) is 0 Å². The Bertz CT molecular complexity index is 886. The number of carbonyl (C=O) groups excluding carboxylic acids is 1. The lowest BCUT2D eigenvalue weighted by Gasteiger charge is -2.26. The lowest BCUT2D eigenvalue weighted by atomic mass is 10.2. The van der Waals surface area contributed by atoms with Crippen LogP contribution in [0.25, 0.3) is 11.0 Å². The highest BCUT2D eigenvalue weighted by Gasteiger charge is 2.24. The summed E-state index contributed by atoms with van der Waals surface area (Å²) in [4.78, 5) is 16.9. The van der Waals surface area contributed by atoms with Crippen LogP contribution in [-0.4, -0.2) is 28.6 Å². The van der Waals surface area contributed by atoms with Gasteiger partial charge in [0.15, 0.2) is 0 Å². The first-order valence-electron chi connectivity index (χ1n) is 8.11. The zero-order chi connectivity index (χ0) is 16.5. The molecule has 1 N–H and O–H groups in total. The summed E-state index contributed by atoms with van der Waals surface area (Å²) in [5, 5.41) is 3.01. The fourth-order valence-corrected chi connectivity index (χ4v) is 3.18. The maximum absolute atomic E-state index is 12.3. The van der Waals surface area contributed by atoms with Crippen LogP contribution in [0.15, 0.2) is 48.5 Å². The molecule has 24 heavy (non-hydrogen) atoms. The summed E-state index contributed by atoms with van der Waals surface area (Å²) >= 11 is 0. The predicted octanol–water partition coefficient (Wildman–Crippen LogP) is 2.85. The first kappa shape index (κ1) is 14.9. The Labute approximate surface area is 140 Å². The second-order valence-electron chi connectivity index (χ2n) is 6.14. The number of hydrogen-bond donors (Lipinski definition) is 1. The minimum absolute atomic E-state index is 0.0501. The molecule has 1 aromatic heterocycles. The summed E-state index contributed by atoms with van der Waals surface area (Å²) in [7, 11) is 0. The van der Waals surface area contributed by atoms with Crippen molar-refractivity contribution >= 4 is 16.9 Å². The van der Waals surface area contributed by atoms with E-state index in [2.05, 4.69) is 40.0 Å². The van der Waals surface area contributed by atoms with Crippen molar-refractivity contribution in [3.8, 4) is 0 Å². The summed E-state index contributed by atoms with van der Waals surface area (Å²) in [6, 6.07) is 15.6. The molecule has 1 aliphatic rings. The van der Waals surface area contributed by atoms with Crippen molar-refractivity contribution in [3.05, 3.63) is 65.5 Å². The van der Waals surface area contributed by atoms with Gasteiger partial charge in [0.1, 0.15) is 12.4 Å². The summed E-state index contributed by atoms with van der Waals surface area (Å²) in [6.07, 6.45) is 0. The Kier molecular flexibility index (Phi) is 3.78. The zero-order valence-electron chi connectivity index (χ0n) is 13.5. The number of hydrogen-bond acceptors (Lipinski definition) is 3. The van der Waals surface area contributed by atoms with Gasteiger partial charge in [-0.2, -0.15) is 0 Å². The summed E-state index contributed by atoms with van der Waals surface area (Å²) in [5.41, 5.74) is 3.93. The van der Waals surface area contributed by atoms with Gasteiger partial charge in [0.05, 0.1) is 23.7 Å². The smallest absolute Gasteiger partial charge is 0.251 e. The zero-order valence-corrected chi connectivity index (χ0v) is 13.5. The molecule has 0 spiro atoms. The van der Waals surface area contributed by atoms with Crippen LogP contribution in [0.4, 0.5) is 0 Å². The van der Waals surface area contributed by atoms with Crippen molar-refractivity contribution in [2.24, 2.45) is 0 Å². The minimum atomic E-state index is -0.0667. The third-order valence-corrected chi connectivity index (χ3v) is 4.36. The van der Waals surface area contributed by atoms with Gasteiger partial charge in [0.2, 0.25) is 0 Å². The van der Waals surface area contributed by atoms with Gasteiger partial charge in [-0.15, -0.1) is 0 Å². The molecule has 1 atom stereocenters. The fraction of sp³-hybridized carbons (Fsp3) is 0.263. The molecule has 5 nitrogen and oxygen atoms in total. The molecular weight excluding hydrogens is 302 g/mol. The van der Waals surface area contributed by atoms with Gasteiger partial charge in [0, 0.05) is 12.1 Å². The molecule has 0 saturated carbocycles. The number of nitrogens with one attached hydrogen (secondary N) is 1. The van der Waals surface area contributed by atoms with Gasteiger partial charge in [0.25, 0.3) is 5.91 Å². The maximum atomic E-state index is 12.3. The Balaban J connectivity index is 1.58. The normalized spacial score (nSPS) is 16.8. The Morgan fingerprint density at radius 3 is 2.96 bits per heavy atom. The molecule has 122 valence electrons. The lowest BCUT2D eigenvalue weighted by Crippen LogP contribution is -2.35. The monoisotopic (exact) mass is 321 g/mol. The van der Waals surface area contributed by atoms with E-state index in [-0.39, 0.29) is 11.9 Å². The predicted molar refractivity (Wildman–Crippen MR) is 91.9 cm³/mol. The number of aromatic nitrogens is 2. The number of amides is 1. The van der Waals surface area contributed by atoms with Crippen molar-refractivity contribution < 1.29 is 9.53 Å². The largest absolute Gasteiger partial charge is 0.371 e. The summed E-state index contributed by atoms with van der Waals surface area (Å²) in [5.74, 6) is 0.851. The highest BCUT2D eigenvalue weighted by atomic mass is 16.5. The van der Waals surface area contributed by atoms with Crippen molar-refractivity contribution in [2.45, 2.75) is 19.6 Å². The average Bonchev–Trinajstić information content (AvgIpc) is 2.98. The molecule has 1 amide bonds. The SMILES string of the molecule is Cc1ccc2c(c1)nc1n2C(CNC(=O)c2ccccc2)COC1. The van der Waals surface area contributed by atoms with Gasteiger partial charge in [-0.1, -0.05) is 24.3 Å². The Morgan fingerprint density at radius 2 is 2.12 bits per heavy atom. The molecule has 2 aromatic carbocycles. The third kappa shape index (κ3) is 2.67. The van der Waals surface area contributed by atoms with Crippen molar-refractivity contribution in [1.29, 1.82) is 0 Å². The van der Waals surface area contributed by atoms with Crippen LogP contribution in [0.2, 0.25) is 0 Å². The standard InChI is InChI=1S/C19H19N3O2/c1-13-7-8-17-16(9-13)21-18-12-24-11-15(22(17)18)10-20-19(23)14-5-3-2-4-6-14/h2-9,15H,10-12H2,1H3,(H,20,23). The number of nitrogens with zero attached hydrogens (tertiary/aromatic N) is 2. The van der Waals surface area contributed by atoms with E-state index in [1.807, 2.05) is 30.3 Å². The molecule has 0 saturated heterocycles. The van der Waals surface area contributed by atoms with Crippen molar-refractivity contribution in [2.75, 3.05) is 13.2 Å². The molecule has 4 rings (SSSR count). The summed E-state index contributed by atoms with van der Waals surface area (Å²) < 4.78 is 7.87. The first-order chi connectivity index (χ1) is 11.7. The molecule has 1 unspecified atom stereocenters. The number of ether oxygens (including phenoxy) is 1. The van der Waals surface area contributed by atoms with Crippen molar-refractivity contribution in [1.82, 2.24) is 14.9 Å². The van der Waals surface area contributed by atoms with E-state index in [0.717, 1.165) is 16.9 Å². The highest BCUT2D eigenvalue weighted by Crippen LogP contribution is 2.26. The third-order valence-electron chi connectivity index (χ3n) is 4.36. The van der Waals surface area contributed by atoms with E-state index in [0.29, 0.717) is 25.3 Å². The van der Waals surface area contributed by atoms with Crippen LogP contribution >= 0.6 is 0 Å². The second-order valence-corrected chi connectivity index (χ2v) is 6.14. The molecule has 5 heteroatoms. The van der Waals surface area contributed by atoms with Crippen molar-refractivity contribution in [3.63, 3.8) is 0 Å². The summed E-state index contributed by atoms with van der Waals surface area (Å²) in [6.45, 7) is 3.66. The van der Waals surface area contributed by atoms with Gasteiger partial charge in [-0.25, -0.2) is 4.98 Å². The number of aryl methyl sites for hydroxylation is 1. The molecule has 0 fully saturated rings. The fourth-order valence-electron chi connectivity index (χ4n) is 3.18. The van der Waals surface area contributed by atoms with E-state index in [1.54, 1.807) is 0 Å². The van der Waals surface area contributed by atoms with Crippen LogP contribution in [0.5, 0.6) is 0 Å². The number of carbonyl (C=O) groups is 1. The van der Waals surface area contributed by atoms with Crippen LogP contribution < -0.4 is 5.32 Å². The quantitative estimate of drug-likeness (QED) is 0.807. The second kappa shape index (κ2) is 6.09. The highest BCUT2D eigenvalue weighted by molar-refractivity contribution is 5.94. The number of imidazole rings is 1. The molecule has 0 radical (unpaired) electrons. The van der Waals surface area contributed by atoms with Crippen LogP contribution in [0.1, 0.15) is 27.8 Å². The molecule has 1 aliphatic heterocycles. The van der Waals surface area contributed by atoms with Crippen LogP contribution in [0, 0.1) is 6.92 Å². The number of benzene rings is 2. The van der Waals surface area contributed by atoms with Gasteiger partial charge < -0.3 is 14.6 Å². The molecule has 0 bridgehead atoms. The van der Waals surface area contributed by atoms with E-state index in [4.69, 9.17) is 4.74 Å². The molecule has 2 heterocycles. The maximum Gasteiger partial charge on any atom is 0.251 e. The van der Waals surface area contributed by atoms with E-state index in [9.17, 15) is 4.79 Å². The van der Waals surface area contributed by atoms with E-state index < -0.39 is 0 Å². The van der Waals surface area contributed by atoms with E-state index >= 15 is 0 Å². The number of rotatable bonds is 3. The van der Waals surface area contributed by atoms with Gasteiger partial charge in [-0.3, -0.25) is 4.79 Å². The molecule has 0 aliphatic carbocycles. The van der Waals surface area contributed by atoms with Crippen LogP contribution in [-0.2, 0) is 11.3 Å². The van der Waals surface area contributed by atoms with Gasteiger partial charge >= 0.3 is 0 Å². The molecule has 3 aromatic rings. The first-order valence-corrected chi connectivity index (χ1v) is 8.11. The molecular formula is C19H19N3O2. The minimum Gasteiger partial charge on any atom is -0.371 e. The Hall–Kier alpha value is -2.66.